The molecule has 0 radical (unpaired) electrons. The van der Waals surface area contributed by atoms with E-state index in [9.17, 15) is 0 Å². The normalized spacial score (nSPS) is 22.9. The lowest BCUT2D eigenvalue weighted by atomic mass is 10.1. The molecule has 0 aromatic heterocycles. The van der Waals surface area contributed by atoms with Crippen LogP contribution >= 0.6 is 0 Å². The standard InChI is InChI=1S/C23H38N4O3/c1-19-15-27(9-12-30-19)16-21-6-3-5-20(13-21)14-26-23(24-2)25-8-4-10-28-17-22-7-11-29-18-22/h3,5-6,13,19,22H,4,7-12,14-18H2,1-2H3,(H2,24,25,26). The number of ether oxygens (including phenoxy) is 3. The highest BCUT2D eigenvalue weighted by molar-refractivity contribution is 5.79. The van der Waals surface area contributed by atoms with Crippen molar-refractivity contribution in [1.29, 1.82) is 0 Å². The van der Waals surface area contributed by atoms with Crippen LogP contribution < -0.4 is 10.6 Å². The molecule has 0 saturated carbocycles. The molecule has 2 unspecified atom stereocenters. The largest absolute Gasteiger partial charge is 0.381 e. The molecule has 0 amide bonds. The second-order valence-electron chi connectivity index (χ2n) is 8.25. The molecule has 2 N–H and O–H groups in total. The highest BCUT2D eigenvalue weighted by Crippen LogP contribution is 2.13. The van der Waals surface area contributed by atoms with Gasteiger partial charge in [-0.25, -0.2) is 0 Å². The Morgan fingerprint density at radius 3 is 2.97 bits per heavy atom. The third kappa shape index (κ3) is 8.22. The van der Waals surface area contributed by atoms with Gasteiger partial charge in [-0.15, -0.1) is 0 Å². The summed E-state index contributed by atoms with van der Waals surface area (Å²) in [6.07, 6.45) is 2.41. The monoisotopic (exact) mass is 418 g/mol. The first kappa shape index (κ1) is 23.0. The van der Waals surface area contributed by atoms with Gasteiger partial charge in [-0.2, -0.15) is 0 Å². The van der Waals surface area contributed by atoms with Gasteiger partial charge in [0.1, 0.15) is 0 Å². The van der Waals surface area contributed by atoms with Crippen LogP contribution in [0, 0.1) is 5.92 Å². The van der Waals surface area contributed by atoms with E-state index in [4.69, 9.17) is 14.2 Å². The van der Waals surface area contributed by atoms with Gasteiger partial charge in [0.15, 0.2) is 5.96 Å². The molecular weight excluding hydrogens is 380 g/mol. The van der Waals surface area contributed by atoms with Crippen molar-refractivity contribution >= 4 is 5.96 Å². The van der Waals surface area contributed by atoms with Crippen LogP contribution in [0.2, 0.25) is 0 Å². The van der Waals surface area contributed by atoms with Crippen molar-refractivity contribution < 1.29 is 14.2 Å². The SMILES string of the molecule is CN=C(NCCCOCC1CCOC1)NCc1cccc(CN2CCOC(C)C2)c1. The molecule has 168 valence electrons. The topological polar surface area (TPSA) is 67.4 Å². The van der Waals surface area contributed by atoms with Crippen LogP contribution in [0.4, 0.5) is 0 Å². The summed E-state index contributed by atoms with van der Waals surface area (Å²) < 4.78 is 16.8. The Hall–Kier alpha value is -1.67. The van der Waals surface area contributed by atoms with Crippen LogP contribution in [0.15, 0.2) is 29.3 Å². The molecule has 0 bridgehead atoms. The van der Waals surface area contributed by atoms with E-state index in [2.05, 4.69) is 51.7 Å². The Labute approximate surface area is 181 Å². The predicted molar refractivity (Wildman–Crippen MR) is 120 cm³/mol. The second kappa shape index (κ2) is 12.9. The maximum Gasteiger partial charge on any atom is 0.191 e. The smallest absolute Gasteiger partial charge is 0.191 e. The third-order valence-corrected chi connectivity index (χ3v) is 5.54. The van der Waals surface area contributed by atoms with Crippen molar-refractivity contribution in [3.63, 3.8) is 0 Å². The third-order valence-electron chi connectivity index (χ3n) is 5.54. The molecule has 2 heterocycles. The number of nitrogens with zero attached hydrogens (tertiary/aromatic N) is 2. The summed E-state index contributed by atoms with van der Waals surface area (Å²) in [6, 6.07) is 8.78. The zero-order valence-corrected chi connectivity index (χ0v) is 18.6. The van der Waals surface area contributed by atoms with Crippen molar-refractivity contribution in [3.05, 3.63) is 35.4 Å². The molecule has 30 heavy (non-hydrogen) atoms. The van der Waals surface area contributed by atoms with Crippen LogP contribution in [-0.4, -0.2) is 76.7 Å². The van der Waals surface area contributed by atoms with Crippen molar-refractivity contribution in [1.82, 2.24) is 15.5 Å². The second-order valence-corrected chi connectivity index (χ2v) is 8.25. The van der Waals surface area contributed by atoms with Crippen LogP contribution in [-0.2, 0) is 27.3 Å². The molecule has 2 atom stereocenters. The Kier molecular flexibility index (Phi) is 9.89. The summed E-state index contributed by atoms with van der Waals surface area (Å²) in [5, 5.41) is 6.77. The van der Waals surface area contributed by atoms with E-state index in [-0.39, 0.29) is 0 Å². The number of benzene rings is 1. The number of rotatable bonds is 10. The number of guanidine groups is 1. The molecule has 0 aliphatic carbocycles. The Balaban J connectivity index is 1.32. The van der Waals surface area contributed by atoms with Gasteiger partial charge in [-0.3, -0.25) is 9.89 Å². The lowest BCUT2D eigenvalue weighted by Crippen LogP contribution is -2.40. The predicted octanol–water partition coefficient (Wildman–Crippen LogP) is 2.02. The van der Waals surface area contributed by atoms with Crippen LogP contribution in [0.1, 0.15) is 30.9 Å². The fourth-order valence-electron chi connectivity index (χ4n) is 3.88. The van der Waals surface area contributed by atoms with Gasteiger partial charge in [0.05, 0.1) is 25.9 Å². The van der Waals surface area contributed by atoms with Gasteiger partial charge in [0, 0.05) is 58.9 Å². The molecule has 1 aromatic rings. The summed E-state index contributed by atoms with van der Waals surface area (Å²) in [4.78, 5) is 6.78. The highest BCUT2D eigenvalue weighted by Gasteiger charge is 2.17. The van der Waals surface area contributed by atoms with E-state index in [0.29, 0.717) is 12.0 Å². The fourth-order valence-corrected chi connectivity index (χ4v) is 3.88. The molecule has 1 aromatic carbocycles. The van der Waals surface area contributed by atoms with Gasteiger partial charge in [0.2, 0.25) is 0 Å². The molecule has 2 aliphatic rings. The Morgan fingerprint density at radius 1 is 1.27 bits per heavy atom. The zero-order chi connectivity index (χ0) is 21.0. The maximum absolute atomic E-state index is 5.75. The summed E-state index contributed by atoms with van der Waals surface area (Å²) in [7, 11) is 1.81. The highest BCUT2D eigenvalue weighted by atomic mass is 16.5. The van der Waals surface area contributed by atoms with E-state index in [1.54, 1.807) is 0 Å². The van der Waals surface area contributed by atoms with Gasteiger partial charge in [-0.05, 0) is 30.9 Å². The minimum atomic E-state index is 0.320. The number of nitrogens with one attached hydrogen (secondary N) is 2. The molecule has 3 rings (SSSR count). The minimum Gasteiger partial charge on any atom is -0.381 e. The maximum atomic E-state index is 5.75. The number of aliphatic imine (C=N–C) groups is 1. The van der Waals surface area contributed by atoms with E-state index in [1.165, 1.54) is 11.1 Å². The van der Waals surface area contributed by atoms with Gasteiger partial charge < -0.3 is 24.8 Å². The van der Waals surface area contributed by atoms with Crippen LogP contribution in [0.5, 0.6) is 0 Å². The lowest BCUT2D eigenvalue weighted by molar-refractivity contribution is -0.0212. The first-order chi connectivity index (χ1) is 14.7. The summed E-state index contributed by atoms with van der Waals surface area (Å²) in [5.41, 5.74) is 2.61. The van der Waals surface area contributed by atoms with Crippen molar-refractivity contribution in [2.45, 2.75) is 39.0 Å². The zero-order valence-electron chi connectivity index (χ0n) is 18.6. The fraction of sp³-hybridized carbons (Fsp3) is 0.696. The Bertz CT molecular complexity index is 649. The lowest BCUT2D eigenvalue weighted by Gasteiger charge is -2.31. The van der Waals surface area contributed by atoms with Crippen LogP contribution in [0.3, 0.4) is 0 Å². The average molecular weight is 419 g/mol. The average Bonchev–Trinajstić information content (AvgIpc) is 3.26. The van der Waals surface area contributed by atoms with Crippen molar-refractivity contribution in [2.24, 2.45) is 10.9 Å². The molecule has 7 heteroatoms. The quantitative estimate of drug-likeness (QED) is 0.344. The van der Waals surface area contributed by atoms with Gasteiger partial charge in [0.25, 0.3) is 0 Å². The Morgan fingerprint density at radius 2 is 2.17 bits per heavy atom. The number of morpholine rings is 1. The van der Waals surface area contributed by atoms with Gasteiger partial charge >= 0.3 is 0 Å². The number of hydrogen-bond donors (Lipinski definition) is 2. The minimum absolute atomic E-state index is 0.320. The van der Waals surface area contributed by atoms with Crippen LogP contribution in [0.25, 0.3) is 0 Å². The first-order valence-electron chi connectivity index (χ1n) is 11.2. The molecule has 7 nitrogen and oxygen atoms in total. The summed E-state index contributed by atoms with van der Waals surface area (Å²) in [6.45, 7) is 10.8. The van der Waals surface area contributed by atoms with Crippen molar-refractivity contribution in [2.75, 3.05) is 59.7 Å². The summed E-state index contributed by atoms with van der Waals surface area (Å²) in [5.74, 6) is 1.40. The van der Waals surface area contributed by atoms with E-state index in [1.807, 2.05) is 7.05 Å². The van der Waals surface area contributed by atoms with E-state index < -0.39 is 0 Å². The summed E-state index contributed by atoms with van der Waals surface area (Å²) >= 11 is 0. The van der Waals surface area contributed by atoms with Crippen molar-refractivity contribution in [3.8, 4) is 0 Å². The molecule has 0 spiro atoms. The molecule has 2 fully saturated rings. The molecule has 2 saturated heterocycles. The van der Waals surface area contributed by atoms with E-state index >= 15 is 0 Å². The molecular formula is C23H38N4O3. The van der Waals surface area contributed by atoms with E-state index in [0.717, 1.165) is 84.6 Å². The molecule has 2 aliphatic heterocycles. The number of hydrogen-bond acceptors (Lipinski definition) is 5. The van der Waals surface area contributed by atoms with Gasteiger partial charge in [-0.1, -0.05) is 24.3 Å². The first-order valence-corrected chi connectivity index (χ1v) is 11.2.